The number of benzene rings is 3. The molecular weight excluding hydrogens is 472 g/mol. The second-order valence-electron chi connectivity index (χ2n) is 7.39. The summed E-state index contributed by atoms with van der Waals surface area (Å²) < 4.78 is 12.5. The average Bonchev–Trinajstić information content (AvgIpc) is 3.27. The normalized spacial score (nSPS) is 10.7. The Balaban J connectivity index is 1.60. The van der Waals surface area contributed by atoms with E-state index in [2.05, 4.69) is 15.5 Å². The fourth-order valence-electron chi connectivity index (χ4n) is 3.38. The van der Waals surface area contributed by atoms with E-state index in [0.717, 1.165) is 16.8 Å². The Labute approximate surface area is 207 Å². The molecule has 4 rings (SSSR count). The number of halogens is 1. The molecule has 0 bridgehead atoms. The van der Waals surface area contributed by atoms with Gasteiger partial charge in [0, 0.05) is 22.3 Å². The van der Waals surface area contributed by atoms with Crippen LogP contribution in [0.25, 0.3) is 17.1 Å². The van der Waals surface area contributed by atoms with E-state index in [1.165, 1.54) is 11.8 Å². The number of nitrogens with zero attached hydrogens (tertiary/aromatic N) is 3. The minimum absolute atomic E-state index is 0.130. The molecule has 0 aliphatic carbocycles. The summed E-state index contributed by atoms with van der Waals surface area (Å²) in [6, 6.07) is 20.7. The SMILES string of the molecule is COc1ccc(OC)c(NC(=O)CSc2nnc(-c3ccc(Cl)cc3)n2-c2cccc(C)c2)c1. The van der Waals surface area contributed by atoms with E-state index >= 15 is 0 Å². The molecule has 1 aromatic heterocycles. The van der Waals surface area contributed by atoms with Gasteiger partial charge in [-0.2, -0.15) is 0 Å². The van der Waals surface area contributed by atoms with Gasteiger partial charge in [0.15, 0.2) is 11.0 Å². The fourth-order valence-corrected chi connectivity index (χ4v) is 4.26. The van der Waals surface area contributed by atoms with Gasteiger partial charge in [0.2, 0.25) is 5.91 Å². The largest absolute Gasteiger partial charge is 0.497 e. The van der Waals surface area contributed by atoms with Crippen LogP contribution in [0.3, 0.4) is 0 Å². The van der Waals surface area contributed by atoms with Gasteiger partial charge in [-0.15, -0.1) is 10.2 Å². The molecule has 0 spiro atoms. The van der Waals surface area contributed by atoms with Crippen molar-refractivity contribution in [1.82, 2.24) is 14.8 Å². The molecule has 4 aromatic rings. The molecule has 9 heteroatoms. The van der Waals surface area contributed by atoms with Crippen LogP contribution in [0.1, 0.15) is 5.56 Å². The zero-order chi connectivity index (χ0) is 24.1. The van der Waals surface area contributed by atoms with Crippen molar-refractivity contribution >= 4 is 35.0 Å². The Bertz CT molecular complexity index is 1310. The number of amides is 1. The zero-order valence-corrected chi connectivity index (χ0v) is 20.5. The Kier molecular flexibility index (Phi) is 7.40. The van der Waals surface area contributed by atoms with Crippen LogP contribution in [-0.2, 0) is 4.79 Å². The maximum absolute atomic E-state index is 12.8. The molecule has 7 nitrogen and oxygen atoms in total. The van der Waals surface area contributed by atoms with Crippen molar-refractivity contribution in [3.05, 3.63) is 77.3 Å². The van der Waals surface area contributed by atoms with E-state index < -0.39 is 0 Å². The van der Waals surface area contributed by atoms with Crippen molar-refractivity contribution < 1.29 is 14.3 Å². The summed E-state index contributed by atoms with van der Waals surface area (Å²) in [7, 11) is 3.12. The number of carbonyl (C=O) groups is 1. The Morgan fingerprint density at radius 2 is 1.82 bits per heavy atom. The second-order valence-corrected chi connectivity index (χ2v) is 8.77. The first kappa shape index (κ1) is 23.7. The molecule has 0 saturated carbocycles. The van der Waals surface area contributed by atoms with Crippen LogP contribution in [0.4, 0.5) is 5.69 Å². The summed E-state index contributed by atoms with van der Waals surface area (Å²) >= 11 is 7.36. The third kappa shape index (κ3) is 5.35. The molecule has 0 aliphatic heterocycles. The molecule has 0 saturated heterocycles. The number of anilines is 1. The molecule has 0 aliphatic rings. The number of thioether (sulfide) groups is 1. The summed E-state index contributed by atoms with van der Waals surface area (Å²) in [6.45, 7) is 2.03. The summed E-state index contributed by atoms with van der Waals surface area (Å²) in [5, 5.41) is 12.9. The van der Waals surface area contributed by atoms with E-state index in [9.17, 15) is 4.79 Å². The van der Waals surface area contributed by atoms with E-state index in [-0.39, 0.29) is 11.7 Å². The van der Waals surface area contributed by atoms with Gasteiger partial charge in [0.1, 0.15) is 11.5 Å². The predicted molar refractivity (Wildman–Crippen MR) is 135 cm³/mol. The first-order valence-electron chi connectivity index (χ1n) is 10.4. The summed E-state index contributed by atoms with van der Waals surface area (Å²) in [5.41, 5.74) is 3.42. The molecule has 174 valence electrons. The minimum atomic E-state index is -0.205. The highest BCUT2D eigenvalue weighted by Gasteiger charge is 2.18. The van der Waals surface area contributed by atoms with Crippen LogP contribution in [0, 0.1) is 6.92 Å². The van der Waals surface area contributed by atoms with Gasteiger partial charge in [-0.05, 0) is 61.0 Å². The third-order valence-electron chi connectivity index (χ3n) is 5.01. The molecule has 1 amide bonds. The number of nitrogens with one attached hydrogen (secondary N) is 1. The number of rotatable bonds is 8. The van der Waals surface area contributed by atoms with E-state index in [0.29, 0.717) is 33.2 Å². The Morgan fingerprint density at radius 1 is 1.03 bits per heavy atom. The molecule has 0 radical (unpaired) electrons. The smallest absolute Gasteiger partial charge is 0.234 e. The van der Waals surface area contributed by atoms with Crippen molar-refractivity contribution in [2.45, 2.75) is 12.1 Å². The van der Waals surface area contributed by atoms with Crippen LogP contribution in [0.15, 0.2) is 71.9 Å². The van der Waals surface area contributed by atoms with E-state index in [4.69, 9.17) is 21.1 Å². The van der Waals surface area contributed by atoms with Crippen molar-refractivity contribution in [2.75, 3.05) is 25.3 Å². The van der Waals surface area contributed by atoms with Gasteiger partial charge in [-0.1, -0.05) is 35.5 Å². The van der Waals surface area contributed by atoms with Crippen LogP contribution in [0.2, 0.25) is 5.02 Å². The highest BCUT2D eigenvalue weighted by molar-refractivity contribution is 7.99. The van der Waals surface area contributed by atoms with Gasteiger partial charge in [-0.25, -0.2) is 0 Å². The van der Waals surface area contributed by atoms with Gasteiger partial charge >= 0.3 is 0 Å². The number of methoxy groups -OCH3 is 2. The highest BCUT2D eigenvalue weighted by Crippen LogP contribution is 2.31. The minimum Gasteiger partial charge on any atom is -0.497 e. The van der Waals surface area contributed by atoms with Gasteiger partial charge in [0.25, 0.3) is 0 Å². The molecule has 3 aromatic carbocycles. The van der Waals surface area contributed by atoms with Crippen molar-refractivity contribution in [2.24, 2.45) is 0 Å². The molecule has 0 atom stereocenters. The molecule has 1 heterocycles. The average molecular weight is 495 g/mol. The lowest BCUT2D eigenvalue weighted by molar-refractivity contribution is -0.113. The lowest BCUT2D eigenvalue weighted by Gasteiger charge is -2.13. The lowest BCUT2D eigenvalue weighted by Crippen LogP contribution is -2.15. The molecule has 0 unspecified atom stereocenters. The number of aromatic nitrogens is 3. The zero-order valence-electron chi connectivity index (χ0n) is 18.9. The Hall–Kier alpha value is -3.49. The number of carbonyl (C=O) groups excluding carboxylic acids is 1. The molecule has 1 N–H and O–H groups in total. The number of ether oxygens (including phenoxy) is 2. The number of hydrogen-bond donors (Lipinski definition) is 1. The van der Waals surface area contributed by atoms with E-state index in [1.807, 2.05) is 60.0 Å². The van der Waals surface area contributed by atoms with Crippen LogP contribution in [0.5, 0.6) is 11.5 Å². The summed E-state index contributed by atoms with van der Waals surface area (Å²) in [5.74, 6) is 1.76. The maximum atomic E-state index is 12.8. The van der Waals surface area contributed by atoms with E-state index in [1.54, 1.807) is 32.4 Å². The van der Waals surface area contributed by atoms with Crippen LogP contribution in [-0.4, -0.2) is 40.6 Å². The quantitative estimate of drug-likeness (QED) is 0.319. The van der Waals surface area contributed by atoms with Crippen molar-refractivity contribution in [1.29, 1.82) is 0 Å². The first-order valence-corrected chi connectivity index (χ1v) is 11.8. The topological polar surface area (TPSA) is 78.3 Å². The summed E-state index contributed by atoms with van der Waals surface area (Å²) in [4.78, 5) is 12.8. The fraction of sp³-hybridized carbons (Fsp3) is 0.160. The Morgan fingerprint density at radius 3 is 2.53 bits per heavy atom. The predicted octanol–water partition coefficient (Wildman–Crippen LogP) is 5.64. The van der Waals surface area contributed by atoms with Crippen LogP contribution < -0.4 is 14.8 Å². The molecular formula is C25H23ClN4O3S. The van der Waals surface area contributed by atoms with Crippen molar-refractivity contribution in [3.8, 4) is 28.6 Å². The third-order valence-corrected chi connectivity index (χ3v) is 6.19. The second kappa shape index (κ2) is 10.6. The molecule has 0 fully saturated rings. The van der Waals surface area contributed by atoms with Crippen molar-refractivity contribution in [3.63, 3.8) is 0 Å². The summed E-state index contributed by atoms with van der Waals surface area (Å²) in [6.07, 6.45) is 0. The van der Waals surface area contributed by atoms with Gasteiger partial charge in [-0.3, -0.25) is 9.36 Å². The number of aryl methyl sites for hydroxylation is 1. The number of hydrogen-bond acceptors (Lipinski definition) is 6. The van der Waals surface area contributed by atoms with Gasteiger partial charge in [0.05, 0.1) is 25.7 Å². The lowest BCUT2D eigenvalue weighted by atomic mass is 10.2. The first-order chi connectivity index (χ1) is 16.5. The highest BCUT2D eigenvalue weighted by atomic mass is 35.5. The maximum Gasteiger partial charge on any atom is 0.234 e. The van der Waals surface area contributed by atoms with Gasteiger partial charge < -0.3 is 14.8 Å². The molecule has 34 heavy (non-hydrogen) atoms. The van der Waals surface area contributed by atoms with Crippen LogP contribution >= 0.6 is 23.4 Å². The standard InChI is InChI=1S/C25H23ClN4O3S/c1-16-5-4-6-19(13-16)30-24(17-7-9-18(26)10-8-17)28-29-25(30)34-15-23(31)27-21-14-20(32-2)11-12-22(21)33-3/h4-14H,15H2,1-3H3,(H,27,31). The monoisotopic (exact) mass is 494 g/mol.